The third-order valence-electron chi connectivity index (χ3n) is 3.80. The van der Waals surface area contributed by atoms with E-state index in [1.807, 2.05) is 18.2 Å². The van der Waals surface area contributed by atoms with Gasteiger partial charge in [-0.3, -0.25) is 4.79 Å². The normalized spacial score (nSPS) is 11.9. The summed E-state index contributed by atoms with van der Waals surface area (Å²) < 4.78 is 0. The zero-order valence-corrected chi connectivity index (χ0v) is 13.3. The monoisotopic (exact) mass is 287 g/mol. The highest BCUT2D eigenvalue weighted by Gasteiger charge is 2.12. The molecule has 116 valence electrons. The molecule has 0 heterocycles. The largest absolute Gasteiger partial charge is 0.346 e. The molecule has 1 N–H and O–H groups in total. The lowest BCUT2D eigenvalue weighted by atomic mass is 9.99. The van der Waals surface area contributed by atoms with Crippen molar-refractivity contribution in [2.45, 2.75) is 64.3 Å². The first-order chi connectivity index (χ1) is 10.3. The van der Waals surface area contributed by atoms with Gasteiger partial charge >= 0.3 is 0 Å². The van der Waals surface area contributed by atoms with Gasteiger partial charge in [-0.05, 0) is 18.1 Å². The highest BCUT2D eigenvalue weighted by Crippen LogP contribution is 2.20. The molecular formula is C19H29NO. The minimum absolute atomic E-state index is 0.0909. The second-order valence-electron chi connectivity index (χ2n) is 5.59. The summed E-state index contributed by atoms with van der Waals surface area (Å²) in [4.78, 5) is 11.6. The maximum Gasteiger partial charge on any atom is 0.243 e. The molecule has 0 aromatic heterocycles. The van der Waals surface area contributed by atoms with Crippen LogP contribution in [-0.2, 0) is 4.79 Å². The van der Waals surface area contributed by atoms with Gasteiger partial charge in [0.1, 0.15) is 0 Å². The van der Waals surface area contributed by atoms with Crippen molar-refractivity contribution in [3.8, 4) is 0 Å². The molecule has 1 amide bonds. The number of nitrogens with one attached hydrogen (secondary N) is 1. The van der Waals surface area contributed by atoms with Gasteiger partial charge in [0.15, 0.2) is 0 Å². The minimum atomic E-state index is -0.0909. The molecule has 0 spiro atoms. The van der Waals surface area contributed by atoms with Crippen molar-refractivity contribution in [2.24, 2.45) is 0 Å². The van der Waals surface area contributed by atoms with E-state index in [1.165, 1.54) is 50.2 Å². The average molecular weight is 287 g/mol. The molecule has 0 fully saturated rings. The van der Waals surface area contributed by atoms with Crippen LogP contribution >= 0.6 is 0 Å². The maximum atomic E-state index is 11.6. The molecule has 1 aromatic rings. The van der Waals surface area contributed by atoms with Crippen molar-refractivity contribution in [1.82, 2.24) is 5.32 Å². The van der Waals surface area contributed by atoms with Crippen molar-refractivity contribution in [3.05, 3.63) is 48.6 Å². The van der Waals surface area contributed by atoms with E-state index in [4.69, 9.17) is 0 Å². The lowest BCUT2D eigenvalue weighted by molar-refractivity contribution is -0.117. The Kier molecular flexibility index (Phi) is 9.26. The fraction of sp³-hybridized carbons (Fsp3) is 0.526. The van der Waals surface area contributed by atoms with E-state index < -0.39 is 0 Å². The van der Waals surface area contributed by atoms with Crippen LogP contribution < -0.4 is 5.32 Å². The van der Waals surface area contributed by atoms with Crippen molar-refractivity contribution < 1.29 is 4.79 Å². The predicted molar refractivity (Wildman–Crippen MR) is 90.1 cm³/mol. The molecule has 0 aliphatic carbocycles. The molecule has 2 heteroatoms. The average Bonchev–Trinajstić information content (AvgIpc) is 2.53. The van der Waals surface area contributed by atoms with Gasteiger partial charge in [-0.2, -0.15) is 0 Å². The standard InChI is InChI=1S/C19H29NO/c1-3-5-6-7-8-9-13-16-18(20-19(21)4-2)17-14-11-10-12-15-17/h4,10-12,14-15,18H,2-3,5-9,13,16H2,1H3,(H,20,21). The Balaban J connectivity index is 2.36. The molecule has 0 radical (unpaired) electrons. The number of carbonyl (C=O) groups excluding carboxylic acids is 1. The SMILES string of the molecule is C=CC(=O)NC(CCCCCCCCC)c1ccccc1. The minimum Gasteiger partial charge on any atom is -0.346 e. The Morgan fingerprint density at radius 3 is 2.33 bits per heavy atom. The number of hydrogen-bond acceptors (Lipinski definition) is 1. The topological polar surface area (TPSA) is 29.1 Å². The molecule has 0 saturated heterocycles. The van der Waals surface area contributed by atoms with Crippen LogP contribution in [0.3, 0.4) is 0 Å². The van der Waals surface area contributed by atoms with Crippen molar-refractivity contribution >= 4 is 5.91 Å². The van der Waals surface area contributed by atoms with Gasteiger partial charge in [0.05, 0.1) is 6.04 Å². The molecule has 1 atom stereocenters. The van der Waals surface area contributed by atoms with Crippen molar-refractivity contribution in [1.29, 1.82) is 0 Å². The smallest absolute Gasteiger partial charge is 0.243 e. The van der Waals surface area contributed by atoms with Gasteiger partial charge in [-0.1, -0.05) is 88.8 Å². The van der Waals surface area contributed by atoms with E-state index in [1.54, 1.807) is 0 Å². The third kappa shape index (κ3) is 7.69. The van der Waals surface area contributed by atoms with Crippen LogP contribution in [0.4, 0.5) is 0 Å². The summed E-state index contributed by atoms with van der Waals surface area (Å²) in [5, 5.41) is 3.04. The molecule has 0 saturated carbocycles. The Labute approximate surface area is 129 Å². The van der Waals surface area contributed by atoms with Crippen LogP contribution in [0.15, 0.2) is 43.0 Å². The second-order valence-corrected chi connectivity index (χ2v) is 5.59. The highest BCUT2D eigenvalue weighted by molar-refractivity contribution is 5.87. The van der Waals surface area contributed by atoms with Gasteiger partial charge in [-0.15, -0.1) is 0 Å². The first-order valence-electron chi connectivity index (χ1n) is 8.25. The zero-order chi connectivity index (χ0) is 15.3. The van der Waals surface area contributed by atoms with Gasteiger partial charge in [0.2, 0.25) is 5.91 Å². The van der Waals surface area contributed by atoms with Crippen LogP contribution in [0, 0.1) is 0 Å². The van der Waals surface area contributed by atoms with E-state index in [0.29, 0.717) is 0 Å². The molecule has 2 nitrogen and oxygen atoms in total. The van der Waals surface area contributed by atoms with Crippen LogP contribution in [0.5, 0.6) is 0 Å². The Hall–Kier alpha value is -1.57. The lowest BCUT2D eigenvalue weighted by Gasteiger charge is -2.18. The van der Waals surface area contributed by atoms with Gasteiger partial charge in [-0.25, -0.2) is 0 Å². The summed E-state index contributed by atoms with van der Waals surface area (Å²) in [5.74, 6) is -0.0909. The van der Waals surface area contributed by atoms with Gasteiger partial charge < -0.3 is 5.32 Å². The first kappa shape index (κ1) is 17.5. The summed E-state index contributed by atoms with van der Waals surface area (Å²) in [6.07, 6.45) is 11.4. The Bertz CT molecular complexity index is 399. The molecular weight excluding hydrogens is 258 g/mol. The molecule has 0 bridgehead atoms. The number of benzene rings is 1. The zero-order valence-electron chi connectivity index (χ0n) is 13.3. The van der Waals surface area contributed by atoms with Crippen molar-refractivity contribution in [2.75, 3.05) is 0 Å². The number of unbranched alkanes of at least 4 members (excludes halogenated alkanes) is 6. The highest BCUT2D eigenvalue weighted by atomic mass is 16.1. The molecule has 0 aliphatic heterocycles. The third-order valence-corrected chi connectivity index (χ3v) is 3.80. The van der Waals surface area contributed by atoms with E-state index in [9.17, 15) is 4.79 Å². The summed E-state index contributed by atoms with van der Waals surface area (Å²) >= 11 is 0. The van der Waals surface area contributed by atoms with Crippen molar-refractivity contribution in [3.63, 3.8) is 0 Å². The summed E-state index contributed by atoms with van der Waals surface area (Å²) in [7, 11) is 0. The van der Waals surface area contributed by atoms with Gasteiger partial charge in [0.25, 0.3) is 0 Å². The Morgan fingerprint density at radius 1 is 1.10 bits per heavy atom. The molecule has 1 rings (SSSR count). The molecule has 0 aliphatic rings. The fourth-order valence-electron chi connectivity index (χ4n) is 2.54. The molecule has 1 unspecified atom stereocenters. The van der Waals surface area contributed by atoms with Gasteiger partial charge in [0, 0.05) is 0 Å². The predicted octanol–water partition coefficient (Wildman–Crippen LogP) is 5.17. The van der Waals surface area contributed by atoms with E-state index in [0.717, 1.165) is 12.8 Å². The number of rotatable bonds is 11. The van der Waals surface area contributed by atoms with Crippen LogP contribution in [-0.4, -0.2) is 5.91 Å². The number of carbonyl (C=O) groups is 1. The molecule has 1 aromatic carbocycles. The first-order valence-corrected chi connectivity index (χ1v) is 8.25. The van der Waals surface area contributed by atoms with Crippen LogP contribution in [0.1, 0.15) is 69.9 Å². The number of amides is 1. The lowest BCUT2D eigenvalue weighted by Crippen LogP contribution is -2.26. The summed E-state index contributed by atoms with van der Waals surface area (Å²) in [6, 6.07) is 10.3. The maximum absolute atomic E-state index is 11.6. The molecule has 21 heavy (non-hydrogen) atoms. The van der Waals surface area contributed by atoms with Crippen LogP contribution in [0.25, 0.3) is 0 Å². The summed E-state index contributed by atoms with van der Waals surface area (Å²) in [5.41, 5.74) is 1.18. The van der Waals surface area contributed by atoms with Crippen LogP contribution in [0.2, 0.25) is 0 Å². The summed E-state index contributed by atoms with van der Waals surface area (Å²) in [6.45, 7) is 5.78. The van der Waals surface area contributed by atoms with E-state index in [-0.39, 0.29) is 11.9 Å². The van der Waals surface area contributed by atoms with E-state index in [2.05, 4.69) is 31.0 Å². The number of hydrogen-bond donors (Lipinski definition) is 1. The quantitative estimate of drug-likeness (QED) is 0.441. The fourth-order valence-corrected chi connectivity index (χ4v) is 2.54. The second kappa shape index (κ2) is 11.1. The Morgan fingerprint density at radius 2 is 1.71 bits per heavy atom. The van der Waals surface area contributed by atoms with E-state index >= 15 is 0 Å².